The van der Waals surface area contributed by atoms with Crippen molar-refractivity contribution in [3.05, 3.63) is 59.7 Å². The van der Waals surface area contributed by atoms with Gasteiger partial charge in [-0.1, -0.05) is 30.3 Å². The summed E-state index contributed by atoms with van der Waals surface area (Å²) in [5.41, 5.74) is 8.12. The molecule has 3 N–H and O–H groups in total. The Morgan fingerprint density at radius 2 is 1.65 bits per heavy atom. The number of rotatable bonds is 4. The van der Waals surface area contributed by atoms with Crippen molar-refractivity contribution >= 4 is 15.7 Å². The lowest BCUT2D eigenvalue weighted by Crippen LogP contribution is -2.14. The van der Waals surface area contributed by atoms with Gasteiger partial charge < -0.3 is 5.73 Å². The van der Waals surface area contributed by atoms with Crippen LogP contribution in [0.4, 0.5) is 5.69 Å². The van der Waals surface area contributed by atoms with Crippen molar-refractivity contribution in [1.29, 1.82) is 0 Å². The van der Waals surface area contributed by atoms with Crippen LogP contribution in [-0.2, 0) is 10.0 Å². The molecule has 0 fully saturated rings. The standard InChI is InChI=1S/C15H18N2O2S/c1-11-5-3-4-6-15(11)17-20(18,19)14-9-7-13(8-10-14)12(2)16/h3-10,12,17H,16H2,1-2H3. The Hall–Kier alpha value is -1.85. The molecule has 0 heterocycles. The molecule has 0 saturated carbocycles. The molecule has 4 nitrogen and oxygen atoms in total. The van der Waals surface area contributed by atoms with E-state index in [-0.39, 0.29) is 10.9 Å². The average Bonchev–Trinajstić information content (AvgIpc) is 2.41. The van der Waals surface area contributed by atoms with E-state index in [1.165, 1.54) is 0 Å². The maximum absolute atomic E-state index is 12.3. The van der Waals surface area contributed by atoms with Crippen molar-refractivity contribution in [3.63, 3.8) is 0 Å². The molecule has 5 heteroatoms. The normalized spacial score (nSPS) is 12.9. The highest BCUT2D eigenvalue weighted by molar-refractivity contribution is 7.92. The van der Waals surface area contributed by atoms with Crippen LogP contribution in [-0.4, -0.2) is 8.42 Å². The van der Waals surface area contributed by atoms with Crippen LogP contribution in [0.3, 0.4) is 0 Å². The minimum absolute atomic E-state index is 0.115. The van der Waals surface area contributed by atoms with E-state index in [0.29, 0.717) is 5.69 Å². The van der Waals surface area contributed by atoms with Crippen molar-refractivity contribution in [2.75, 3.05) is 4.72 Å². The number of nitrogens with one attached hydrogen (secondary N) is 1. The molecule has 106 valence electrons. The first-order valence-corrected chi connectivity index (χ1v) is 7.82. The average molecular weight is 290 g/mol. The number of benzene rings is 2. The van der Waals surface area contributed by atoms with Gasteiger partial charge in [-0.05, 0) is 43.2 Å². The monoisotopic (exact) mass is 290 g/mol. The van der Waals surface area contributed by atoms with Gasteiger partial charge in [0, 0.05) is 6.04 Å². The van der Waals surface area contributed by atoms with Crippen molar-refractivity contribution in [1.82, 2.24) is 0 Å². The Morgan fingerprint density at radius 3 is 2.20 bits per heavy atom. The third-order valence-corrected chi connectivity index (χ3v) is 4.49. The number of nitrogens with two attached hydrogens (primary N) is 1. The van der Waals surface area contributed by atoms with Gasteiger partial charge in [0.05, 0.1) is 10.6 Å². The summed E-state index contributed by atoms with van der Waals surface area (Å²) in [5.74, 6) is 0. The molecule has 0 aliphatic carbocycles. The number of sulfonamides is 1. The fraction of sp³-hybridized carbons (Fsp3) is 0.200. The molecular weight excluding hydrogens is 272 g/mol. The van der Waals surface area contributed by atoms with Crippen molar-refractivity contribution in [2.24, 2.45) is 5.73 Å². The van der Waals surface area contributed by atoms with Crippen LogP contribution in [0, 0.1) is 6.92 Å². The zero-order valence-corrected chi connectivity index (χ0v) is 12.3. The molecule has 2 aromatic rings. The third-order valence-electron chi connectivity index (χ3n) is 3.11. The van der Waals surface area contributed by atoms with Crippen molar-refractivity contribution in [2.45, 2.75) is 24.8 Å². The molecule has 0 aliphatic rings. The smallest absolute Gasteiger partial charge is 0.261 e. The second-order valence-corrected chi connectivity index (χ2v) is 6.46. The summed E-state index contributed by atoms with van der Waals surface area (Å²) >= 11 is 0. The Morgan fingerprint density at radius 1 is 1.05 bits per heavy atom. The van der Waals surface area contributed by atoms with E-state index in [1.54, 1.807) is 36.4 Å². The summed E-state index contributed by atoms with van der Waals surface area (Å²) in [6.07, 6.45) is 0. The molecule has 1 atom stereocenters. The van der Waals surface area contributed by atoms with Gasteiger partial charge in [-0.15, -0.1) is 0 Å². The largest absolute Gasteiger partial charge is 0.324 e. The van der Waals surface area contributed by atoms with Crippen LogP contribution in [0.25, 0.3) is 0 Å². The zero-order valence-electron chi connectivity index (χ0n) is 11.5. The van der Waals surface area contributed by atoms with Crippen LogP contribution in [0.5, 0.6) is 0 Å². The van der Waals surface area contributed by atoms with Gasteiger partial charge >= 0.3 is 0 Å². The van der Waals surface area contributed by atoms with Gasteiger partial charge in [0.2, 0.25) is 0 Å². The molecule has 0 aliphatic heterocycles. The lowest BCUT2D eigenvalue weighted by atomic mass is 10.1. The summed E-state index contributed by atoms with van der Waals surface area (Å²) in [4.78, 5) is 0.227. The Kier molecular flexibility index (Phi) is 4.11. The first kappa shape index (κ1) is 14.6. The molecule has 2 aromatic carbocycles. The molecule has 20 heavy (non-hydrogen) atoms. The third kappa shape index (κ3) is 3.18. The topological polar surface area (TPSA) is 72.2 Å². The van der Waals surface area contributed by atoms with Crippen LogP contribution >= 0.6 is 0 Å². The van der Waals surface area contributed by atoms with Crippen molar-refractivity contribution in [3.8, 4) is 0 Å². The second kappa shape index (κ2) is 5.64. The van der Waals surface area contributed by atoms with Gasteiger partial charge in [-0.3, -0.25) is 4.72 Å². The maximum Gasteiger partial charge on any atom is 0.261 e. The number of para-hydroxylation sites is 1. The number of hydrogen-bond donors (Lipinski definition) is 2. The Balaban J connectivity index is 2.29. The highest BCUT2D eigenvalue weighted by Gasteiger charge is 2.15. The summed E-state index contributed by atoms with van der Waals surface area (Å²) < 4.78 is 27.2. The van der Waals surface area contributed by atoms with E-state index in [0.717, 1.165) is 11.1 Å². The maximum atomic E-state index is 12.3. The minimum atomic E-state index is -3.57. The van der Waals surface area contributed by atoms with E-state index in [4.69, 9.17) is 5.73 Å². The summed E-state index contributed by atoms with van der Waals surface area (Å²) in [7, 11) is -3.57. The highest BCUT2D eigenvalue weighted by atomic mass is 32.2. The van der Waals surface area contributed by atoms with E-state index in [2.05, 4.69) is 4.72 Å². The first-order chi connectivity index (χ1) is 9.40. The van der Waals surface area contributed by atoms with Gasteiger partial charge in [0.25, 0.3) is 10.0 Å². The predicted molar refractivity (Wildman–Crippen MR) is 81.0 cm³/mol. The van der Waals surface area contributed by atoms with E-state index >= 15 is 0 Å². The number of aryl methyl sites for hydroxylation is 1. The SMILES string of the molecule is Cc1ccccc1NS(=O)(=O)c1ccc(C(C)N)cc1. The Bertz CT molecular complexity index is 692. The second-order valence-electron chi connectivity index (χ2n) is 4.78. The van der Waals surface area contributed by atoms with E-state index in [1.807, 2.05) is 26.0 Å². The summed E-state index contributed by atoms with van der Waals surface area (Å²) in [5, 5.41) is 0. The minimum Gasteiger partial charge on any atom is -0.324 e. The van der Waals surface area contributed by atoms with Gasteiger partial charge in [0.15, 0.2) is 0 Å². The predicted octanol–water partition coefficient (Wildman–Crippen LogP) is 2.82. The van der Waals surface area contributed by atoms with E-state index < -0.39 is 10.0 Å². The molecule has 0 radical (unpaired) electrons. The lowest BCUT2D eigenvalue weighted by molar-refractivity contribution is 0.601. The van der Waals surface area contributed by atoms with Crippen LogP contribution in [0.1, 0.15) is 24.1 Å². The molecule has 0 spiro atoms. The fourth-order valence-corrected chi connectivity index (χ4v) is 2.97. The molecule has 0 amide bonds. The van der Waals surface area contributed by atoms with Crippen LogP contribution in [0.2, 0.25) is 0 Å². The number of anilines is 1. The van der Waals surface area contributed by atoms with Crippen molar-refractivity contribution < 1.29 is 8.42 Å². The molecular formula is C15H18N2O2S. The van der Waals surface area contributed by atoms with Gasteiger partial charge in [-0.2, -0.15) is 0 Å². The van der Waals surface area contributed by atoms with Gasteiger partial charge in [0.1, 0.15) is 0 Å². The number of hydrogen-bond acceptors (Lipinski definition) is 3. The van der Waals surface area contributed by atoms with Crippen LogP contribution in [0.15, 0.2) is 53.4 Å². The molecule has 0 aromatic heterocycles. The zero-order chi connectivity index (χ0) is 14.8. The molecule has 0 bridgehead atoms. The quantitative estimate of drug-likeness (QED) is 0.909. The van der Waals surface area contributed by atoms with E-state index in [9.17, 15) is 8.42 Å². The fourth-order valence-electron chi connectivity index (χ4n) is 1.84. The molecule has 0 saturated heterocycles. The summed E-state index contributed by atoms with van der Waals surface area (Å²) in [6.45, 7) is 3.71. The first-order valence-electron chi connectivity index (χ1n) is 6.34. The molecule has 1 unspecified atom stereocenters. The van der Waals surface area contributed by atoms with Gasteiger partial charge in [-0.25, -0.2) is 8.42 Å². The highest BCUT2D eigenvalue weighted by Crippen LogP contribution is 2.20. The molecule has 2 rings (SSSR count). The Labute approximate surface area is 119 Å². The lowest BCUT2D eigenvalue weighted by Gasteiger charge is -2.11. The summed E-state index contributed by atoms with van der Waals surface area (Å²) in [6, 6.07) is 13.7. The van der Waals surface area contributed by atoms with Crippen LogP contribution < -0.4 is 10.5 Å².